The van der Waals surface area contributed by atoms with Gasteiger partial charge in [0.2, 0.25) is 5.91 Å². The van der Waals surface area contributed by atoms with Crippen molar-refractivity contribution in [1.82, 2.24) is 9.97 Å². The van der Waals surface area contributed by atoms with Gasteiger partial charge in [-0.2, -0.15) is 0 Å². The van der Waals surface area contributed by atoms with Crippen LogP contribution in [0, 0.1) is 11.7 Å². The number of halogens is 2. The van der Waals surface area contributed by atoms with E-state index in [1.165, 1.54) is 31.6 Å². The number of carbonyl (C=O) groups excluding carboxylic acids is 1. The highest BCUT2D eigenvalue weighted by molar-refractivity contribution is 5.92. The van der Waals surface area contributed by atoms with E-state index in [-0.39, 0.29) is 30.3 Å². The summed E-state index contributed by atoms with van der Waals surface area (Å²) in [5.74, 6) is 0.282. The van der Waals surface area contributed by atoms with Gasteiger partial charge < -0.3 is 15.8 Å². The highest BCUT2D eigenvalue weighted by atomic mass is 35.5. The third-order valence-electron chi connectivity index (χ3n) is 4.44. The first-order chi connectivity index (χ1) is 12.1. The summed E-state index contributed by atoms with van der Waals surface area (Å²) in [7, 11) is 1.51. The van der Waals surface area contributed by atoms with E-state index in [1.807, 2.05) is 0 Å². The van der Waals surface area contributed by atoms with Gasteiger partial charge in [0.15, 0.2) is 0 Å². The van der Waals surface area contributed by atoms with Gasteiger partial charge >= 0.3 is 0 Å². The number of benzene rings is 1. The first-order valence-electron chi connectivity index (χ1n) is 8.29. The lowest BCUT2D eigenvalue weighted by Gasteiger charge is -2.25. The smallest absolute Gasteiger partial charge is 0.228 e. The standard InChI is InChI=1S/C18H21FN4O2.ClH/c1-25-16-6-5-12(19)8-14(16)15-9-17(22-10-21-15)23-18(24)11-3-2-4-13(20)7-11;/h5-6,8-11,13H,2-4,7,20H2,1H3,(H,21,22,23,24);1H. The molecule has 1 saturated carbocycles. The molecule has 26 heavy (non-hydrogen) atoms. The summed E-state index contributed by atoms with van der Waals surface area (Å²) in [6, 6.07) is 5.87. The highest BCUT2D eigenvalue weighted by Gasteiger charge is 2.25. The van der Waals surface area contributed by atoms with Gasteiger partial charge in [-0.25, -0.2) is 14.4 Å². The van der Waals surface area contributed by atoms with E-state index in [0.29, 0.717) is 29.2 Å². The van der Waals surface area contributed by atoms with Crippen LogP contribution in [-0.4, -0.2) is 29.0 Å². The third kappa shape index (κ3) is 4.68. The van der Waals surface area contributed by atoms with Crippen molar-refractivity contribution >= 4 is 24.1 Å². The molecular weight excluding hydrogens is 359 g/mol. The summed E-state index contributed by atoms with van der Waals surface area (Å²) in [6.07, 6.45) is 4.76. The number of hydrogen-bond acceptors (Lipinski definition) is 5. The molecule has 0 saturated heterocycles. The molecular formula is C18H22ClFN4O2. The number of carbonyl (C=O) groups is 1. The molecule has 1 aromatic carbocycles. The van der Waals surface area contributed by atoms with Crippen molar-refractivity contribution in [3.63, 3.8) is 0 Å². The fourth-order valence-electron chi connectivity index (χ4n) is 3.15. The number of anilines is 1. The van der Waals surface area contributed by atoms with Crippen LogP contribution in [0.2, 0.25) is 0 Å². The van der Waals surface area contributed by atoms with E-state index in [9.17, 15) is 9.18 Å². The Morgan fingerprint density at radius 1 is 1.31 bits per heavy atom. The second-order valence-corrected chi connectivity index (χ2v) is 6.25. The molecule has 3 N–H and O–H groups in total. The molecule has 1 aliphatic carbocycles. The Morgan fingerprint density at radius 2 is 2.12 bits per heavy atom. The molecule has 1 heterocycles. The molecule has 2 unspecified atom stereocenters. The lowest BCUT2D eigenvalue weighted by atomic mass is 9.85. The molecule has 1 fully saturated rings. The number of ether oxygens (including phenoxy) is 1. The maximum Gasteiger partial charge on any atom is 0.228 e. The Morgan fingerprint density at radius 3 is 2.85 bits per heavy atom. The van der Waals surface area contributed by atoms with E-state index in [1.54, 1.807) is 6.07 Å². The van der Waals surface area contributed by atoms with Gasteiger partial charge in [0.1, 0.15) is 23.7 Å². The van der Waals surface area contributed by atoms with Crippen LogP contribution in [0.3, 0.4) is 0 Å². The number of rotatable bonds is 4. The monoisotopic (exact) mass is 380 g/mol. The molecule has 0 spiro atoms. The quantitative estimate of drug-likeness (QED) is 0.850. The molecule has 0 bridgehead atoms. The van der Waals surface area contributed by atoms with Crippen LogP contribution in [-0.2, 0) is 4.79 Å². The number of hydrogen-bond donors (Lipinski definition) is 2. The third-order valence-corrected chi connectivity index (χ3v) is 4.44. The summed E-state index contributed by atoms with van der Waals surface area (Å²) in [5, 5.41) is 2.81. The molecule has 1 amide bonds. The topological polar surface area (TPSA) is 90.1 Å². The number of nitrogens with two attached hydrogens (primary N) is 1. The zero-order valence-corrected chi connectivity index (χ0v) is 15.3. The van der Waals surface area contributed by atoms with E-state index in [4.69, 9.17) is 10.5 Å². The molecule has 140 valence electrons. The van der Waals surface area contributed by atoms with Crippen molar-refractivity contribution in [3.05, 3.63) is 36.4 Å². The van der Waals surface area contributed by atoms with Crippen molar-refractivity contribution in [2.24, 2.45) is 11.7 Å². The van der Waals surface area contributed by atoms with Crippen LogP contribution in [0.4, 0.5) is 10.2 Å². The van der Waals surface area contributed by atoms with E-state index >= 15 is 0 Å². The Kier molecular flexibility index (Phi) is 6.88. The predicted molar refractivity (Wildman–Crippen MR) is 99.8 cm³/mol. The van der Waals surface area contributed by atoms with Gasteiger partial charge in [-0.15, -0.1) is 12.4 Å². The van der Waals surface area contributed by atoms with Crippen LogP contribution < -0.4 is 15.8 Å². The Balaban J connectivity index is 0.00000243. The number of methoxy groups -OCH3 is 1. The molecule has 2 atom stereocenters. The fourth-order valence-corrected chi connectivity index (χ4v) is 3.15. The minimum Gasteiger partial charge on any atom is -0.496 e. The second kappa shape index (κ2) is 8.91. The average molecular weight is 381 g/mol. The van der Waals surface area contributed by atoms with E-state index in [2.05, 4.69) is 15.3 Å². The zero-order valence-electron chi connectivity index (χ0n) is 14.4. The summed E-state index contributed by atoms with van der Waals surface area (Å²) in [4.78, 5) is 20.7. The molecule has 1 aromatic heterocycles. The van der Waals surface area contributed by atoms with Crippen molar-refractivity contribution in [1.29, 1.82) is 0 Å². The Hall–Kier alpha value is -2.25. The zero-order chi connectivity index (χ0) is 17.8. The summed E-state index contributed by atoms with van der Waals surface area (Å²) >= 11 is 0. The van der Waals surface area contributed by atoms with E-state index < -0.39 is 5.82 Å². The van der Waals surface area contributed by atoms with Crippen molar-refractivity contribution in [3.8, 4) is 17.0 Å². The minimum absolute atomic E-state index is 0. The first kappa shape index (κ1) is 20.1. The summed E-state index contributed by atoms with van der Waals surface area (Å²) in [5.41, 5.74) is 6.92. The molecule has 1 aliphatic rings. The average Bonchev–Trinajstić information content (AvgIpc) is 2.62. The van der Waals surface area contributed by atoms with Gasteiger partial charge in [0.05, 0.1) is 12.8 Å². The Labute approximate surface area is 157 Å². The number of amides is 1. The van der Waals surface area contributed by atoms with Gasteiger partial charge in [0, 0.05) is 23.6 Å². The molecule has 8 heteroatoms. The van der Waals surface area contributed by atoms with Gasteiger partial charge in [0.25, 0.3) is 0 Å². The number of aromatic nitrogens is 2. The lowest BCUT2D eigenvalue weighted by Crippen LogP contribution is -2.34. The molecule has 0 aliphatic heterocycles. The van der Waals surface area contributed by atoms with Crippen LogP contribution in [0.5, 0.6) is 5.75 Å². The van der Waals surface area contributed by atoms with Crippen LogP contribution in [0.25, 0.3) is 11.3 Å². The number of nitrogens with zero attached hydrogens (tertiary/aromatic N) is 2. The molecule has 3 rings (SSSR count). The lowest BCUT2D eigenvalue weighted by molar-refractivity contribution is -0.120. The molecule has 6 nitrogen and oxygen atoms in total. The number of nitrogens with one attached hydrogen (secondary N) is 1. The Bertz CT molecular complexity index is 775. The van der Waals surface area contributed by atoms with Gasteiger partial charge in [-0.3, -0.25) is 4.79 Å². The highest BCUT2D eigenvalue weighted by Crippen LogP contribution is 2.30. The van der Waals surface area contributed by atoms with Crippen molar-refractivity contribution in [2.75, 3.05) is 12.4 Å². The van der Waals surface area contributed by atoms with Crippen molar-refractivity contribution in [2.45, 2.75) is 31.7 Å². The van der Waals surface area contributed by atoms with E-state index in [0.717, 1.165) is 19.3 Å². The van der Waals surface area contributed by atoms with Gasteiger partial charge in [-0.05, 0) is 37.5 Å². The van der Waals surface area contributed by atoms with Gasteiger partial charge in [-0.1, -0.05) is 6.42 Å². The van der Waals surface area contributed by atoms with Crippen molar-refractivity contribution < 1.29 is 13.9 Å². The maximum absolute atomic E-state index is 13.6. The minimum atomic E-state index is -0.392. The van der Waals surface area contributed by atoms with Crippen LogP contribution >= 0.6 is 12.4 Å². The second-order valence-electron chi connectivity index (χ2n) is 6.25. The van der Waals surface area contributed by atoms with Crippen LogP contribution in [0.1, 0.15) is 25.7 Å². The normalized spacial score (nSPS) is 19.3. The largest absolute Gasteiger partial charge is 0.496 e. The summed E-state index contributed by atoms with van der Waals surface area (Å²) in [6.45, 7) is 0. The van der Waals surface area contributed by atoms with Crippen LogP contribution in [0.15, 0.2) is 30.6 Å². The first-order valence-corrected chi connectivity index (χ1v) is 8.29. The maximum atomic E-state index is 13.6. The predicted octanol–water partition coefficient (Wildman–Crippen LogP) is 3.17. The molecule has 2 aromatic rings. The molecule has 0 radical (unpaired) electrons. The fraction of sp³-hybridized carbons (Fsp3) is 0.389. The SMILES string of the molecule is COc1ccc(F)cc1-c1cc(NC(=O)C2CCCC(N)C2)ncn1.Cl. The summed E-state index contributed by atoms with van der Waals surface area (Å²) < 4.78 is 18.8.